The average Bonchev–Trinajstić information content (AvgIpc) is 2.67. The van der Waals surface area contributed by atoms with E-state index in [2.05, 4.69) is 20.3 Å². The highest BCUT2D eigenvalue weighted by Crippen LogP contribution is 2.18. The van der Waals surface area contributed by atoms with Crippen LogP contribution in [-0.2, 0) is 6.54 Å². The van der Waals surface area contributed by atoms with E-state index in [9.17, 15) is 4.79 Å². The molecule has 0 unspecified atom stereocenters. The number of hydrogen-bond acceptors (Lipinski definition) is 5. The molecule has 2 aromatic heterocycles. The lowest BCUT2D eigenvalue weighted by Gasteiger charge is -2.17. The maximum absolute atomic E-state index is 12.3. The summed E-state index contributed by atoms with van der Waals surface area (Å²) >= 11 is 0. The Balaban J connectivity index is 1.71. The summed E-state index contributed by atoms with van der Waals surface area (Å²) < 4.78 is 0. The van der Waals surface area contributed by atoms with Gasteiger partial charge in [0.05, 0.1) is 0 Å². The van der Waals surface area contributed by atoms with Gasteiger partial charge in [-0.15, -0.1) is 0 Å². The molecule has 120 valence electrons. The van der Waals surface area contributed by atoms with Crippen LogP contribution in [0.15, 0.2) is 67.1 Å². The standard InChI is InChI=1S/C18H17N5O/c1-23(15-5-3-2-4-6-15)18-20-12-9-16(22-18)17(24)21-13-14-7-10-19-11-8-14/h2-12H,13H2,1H3,(H,21,24). The first-order valence-electron chi connectivity index (χ1n) is 7.53. The number of benzene rings is 1. The Kier molecular flexibility index (Phi) is 4.76. The summed E-state index contributed by atoms with van der Waals surface area (Å²) in [6, 6.07) is 15.1. The lowest BCUT2D eigenvalue weighted by Crippen LogP contribution is -2.25. The molecule has 3 rings (SSSR count). The van der Waals surface area contributed by atoms with E-state index in [1.54, 1.807) is 24.7 Å². The zero-order chi connectivity index (χ0) is 16.8. The highest BCUT2D eigenvalue weighted by atomic mass is 16.1. The first-order chi connectivity index (χ1) is 11.7. The van der Waals surface area contributed by atoms with Crippen LogP contribution in [0.5, 0.6) is 0 Å². The van der Waals surface area contributed by atoms with Gasteiger partial charge in [-0.1, -0.05) is 18.2 Å². The first-order valence-corrected chi connectivity index (χ1v) is 7.53. The Morgan fingerprint density at radius 1 is 1.04 bits per heavy atom. The Labute approximate surface area is 140 Å². The second-order valence-corrected chi connectivity index (χ2v) is 5.17. The molecule has 0 bridgehead atoms. The molecule has 0 fully saturated rings. The van der Waals surface area contributed by atoms with Crippen molar-refractivity contribution >= 4 is 17.5 Å². The zero-order valence-corrected chi connectivity index (χ0v) is 13.3. The Morgan fingerprint density at radius 2 is 1.79 bits per heavy atom. The smallest absolute Gasteiger partial charge is 0.270 e. The Bertz CT molecular complexity index is 808. The predicted molar refractivity (Wildman–Crippen MR) is 91.9 cm³/mol. The number of carbonyl (C=O) groups excluding carboxylic acids is 1. The van der Waals surface area contributed by atoms with E-state index in [1.165, 1.54) is 0 Å². The monoisotopic (exact) mass is 319 g/mol. The Morgan fingerprint density at radius 3 is 2.54 bits per heavy atom. The number of rotatable bonds is 5. The maximum atomic E-state index is 12.3. The van der Waals surface area contributed by atoms with E-state index in [-0.39, 0.29) is 5.91 Å². The van der Waals surface area contributed by atoms with E-state index >= 15 is 0 Å². The minimum absolute atomic E-state index is 0.239. The molecule has 0 aliphatic heterocycles. The highest BCUT2D eigenvalue weighted by molar-refractivity contribution is 5.92. The second kappa shape index (κ2) is 7.32. The molecule has 24 heavy (non-hydrogen) atoms. The van der Waals surface area contributed by atoms with Crippen LogP contribution in [-0.4, -0.2) is 27.9 Å². The molecule has 6 heteroatoms. The average molecular weight is 319 g/mol. The van der Waals surface area contributed by atoms with E-state index in [0.717, 1.165) is 11.3 Å². The van der Waals surface area contributed by atoms with Crippen molar-refractivity contribution in [2.75, 3.05) is 11.9 Å². The third kappa shape index (κ3) is 3.73. The van der Waals surface area contributed by atoms with Gasteiger partial charge >= 0.3 is 0 Å². The van der Waals surface area contributed by atoms with Crippen LogP contribution in [0.3, 0.4) is 0 Å². The van der Waals surface area contributed by atoms with E-state index in [1.807, 2.05) is 54.4 Å². The lowest BCUT2D eigenvalue weighted by atomic mass is 10.2. The summed E-state index contributed by atoms with van der Waals surface area (Å²) in [7, 11) is 1.86. The summed E-state index contributed by atoms with van der Waals surface area (Å²) in [5.41, 5.74) is 2.26. The molecule has 0 radical (unpaired) electrons. The van der Waals surface area contributed by atoms with Crippen molar-refractivity contribution in [2.24, 2.45) is 0 Å². The third-order valence-corrected chi connectivity index (χ3v) is 3.52. The molecule has 0 aliphatic rings. The number of aromatic nitrogens is 3. The fourth-order valence-electron chi connectivity index (χ4n) is 2.18. The molecule has 1 N–H and O–H groups in total. The van der Waals surface area contributed by atoms with E-state index in [0.29, 0.717) is 18.2 Å². The van der Waals surface area contributed by atoms with Gasteiger partial charge in [-0.3, -0.25) is 9.78 Å². The number of nitrogens with zero attached hydrogens (tertiary/aromatic N) is 4. The van der Waals surface area contributed by atoms with Gasteiger partial charge in [0.1, 0.15) is 5.69 Å². The number of carbonyl (C=O) groups is 1. The van der Waals surface area contributed by atoms with Gasteiger partial charge in [0.15, 0.2) is 0 Å². The summed E-state index contributed by atoms with van der Waals surface area (Å²) in [4.78, 5) is 26.7. The first kappa shape index (κ1) is 15.6. The molecule has 1 aromatic carbocycles. The minimum atomic E-state index is -0.239. The van der Waals surface area contributed by atoms with Gasteiger partial charge in [0.25, 0.3) is 5.91 Å². The van der Waals surface area contributed by atoms with Crippen molar-refractivity contribution in [2.45, 2.75) is 6.54 Å². The normalized spacial score (nSPS) is 10.2. The van der Waals surface area contributed by atoms with Crippen molar-refractivity contribution < 1.29 is 4.79 Å². The maximum Gasteiger partial charge on any atom is 0.270 e. The fourth-order valence-corrected chi connectivity index (χ4v) is 2.18. The molecule has 0 spiro atoms. The van der Waals surface area contributed by atoms with Crippen LogP contribution in [0, 0.1) is 0 Å². The molecule has 2 heterocycles. The third-order valence-electron chi connectivity index (χ3n) is 3.52. The molecular weight excluding hydrogens is 302 g/mol. The minimum Gasteiger partial charge on any atom is -0.347 e. The molecular formula is C18H17N5O. The molecule has 6 nitrogen and oxygen atoms in total. The van der Waals surface area contributed by atoms with Crippen LogP contribution in [0.4, 0.5) is 11.6 Å². The summed E-state index contributed by atoms with van der Waals surface area (Å²) in [5.74, 6) is 0.231. The van der Waals surface area contributed by atoms with Crippen LogP contribution in [0.2, 0.25) is 0 Å². The molecule has 0 saturated heterocycles. The zero-order valence-electron chi connectivity index (χ0n) is 13.3. The van der Waals surface area contributed by atoms with Crippen molar-refractivity contribution in [3.05, 3.63) is 78.4 Å². The van der Waals surface area contributed by atoms with Gasteiger partial charge in [0.2, 0.25) is 5.95 Å². The lowest BCUT2D eigenvalue weighted by molar-refractivity contribution is 0.0946. The quantitative estimate of drug-likeness (QED) is 0.782. The number of anilines is 2. The highest BCUT2D eigenvalue weighted by Gasteiger charge is 2.12. The van der Waals surface area contributed by atoms with Crippen molar-refractivity contribution in [1.82, 2.24) is 20.3 Å². The van der Waals surface area contributed by atoms with Crippen LogP contribution in [0.1, 0.15) is 16.1 Å². The fraction of sp³-hybridized carbons (Fsp3) is 0.111. The number of nitrogens with one attached hydrogen (secondary N) is 1. The summed E-state index contributed by atoms with van der Waals surface area (Å²) in [5, 5.41) is 2.85. The molecule has 0 saturated carbocycles. The molecule has 3 aromatic rings. The van der Waals surface area contributed by atoms with Gasteiger partial charge in [-0.2, -0.15) is 0 Å². The van der Waals surface area contributed by atoms with E-state index in [4.69, 9.17) is 0 Å². The van der Waals surface area contributed by atoms with Crippen LogP contribution >= 0.6 is 0 Å². The van der Waals surface area contributed by atoms with Crippen LogP contribution in [0.25, 0.3) is 0 Å². The van der Waals surface area contributed by atoms with Gasteiger partial charge < -0.3 is 10.2 Å². The largest absolute Gasteiger partial charge is 0.347 e. The topological polar surface area (TPSA) is 71.0 Å². The number of hydrogen-bond donors (Lipinski definition) is 1. The second-order valence-electron chi connectivity index (χ2n) is 5.17. The summed E-state index contributed by atoms with van der Waals surface area (Å²) in [6.45, 7) is 0.426. The number of amides is 1. The van der Waals surface area contributed by atoms with Gasteiger partial charge in [-0.25, -0.2) is 9.97 Å². The van der Waals surface area contributed by atoms with Gasteiger partial charge in [0, 0.05) is 37.9 Å². The van der Waals surface area contributed by atoms with Crippen molar-refractivity contribution in [3.8, 4) is 0 Å². The van der Waals surface area contributed by atoms with Crippen molar-refractivity contribution in [3.63, 3.8) is 0 Å². The van der Waals surface area contributed by atoms with Gasteiger partial charge in [-0.05, 0) is 35.9 Å². The number of pyridine rings is 1. The van der Waals surface area contributed by atoms with Crippen molar-refractivity contribution in [1.29, 1.82) is 0 Å². The van der Waals surface area contributed by atoms with E-state index < -0.39 is 0 Å². The molecule has 0 atom stereocenters. The Hall–Kier alpha value is -3.28. The predicted octanol–water partition coefficient (Wildman–Crippen LogP) is 2.57. The number of para-hydroxylation sites is 1. The molecule has 1 amide bonds. The SMILES string of the molecule is CN(c1ccccc1)c1nccc(C(=O)NCc2ccncc2)n1. The van der Waals surface area contributed by atoms with Crippen LogP contribution < -0.4 is 10.2 Å². The molecule has 0 aliphatic carbocycles. The summed E-state index contributed by atoms with van der Waals surface area (Å²) in [6.07, 6.45) is 4.97.